The van der Waals surface area contributed by atoms with Gasteiger partial charge in [0.25, 0.3) is 5.56 Å². The SMILES string of the molecule is COC(=O)Cn1c(N2CCC(NC(=O)OC(C)(C)C)CC2)nc(-c2ccc(C#N)c(F)c2)c(Cl)c1=O. The number of carbonyl (C=O) groups is 2. The molecule has 1 amide bonds. The lowest BCUT2D eigenvalue weighted by Crippen LogP contribution is -2.47. The maximum atomic E-state index is 14.3. The number of nitriles is 1. The Morgan fingerprint density at radius 2 is 1.97 bits per heavy atom. The van der Waals surface area contributed by atoms with E-state index in [1.165, 1.54) is 19.2 Å². The van der Waals surface area contributed by atoms with Gasteiger partial charge in [0.05, 0.1) is 18.4 Å². The van der Waals surface area contributed by atoms with E-state index in [0.29, 0.717) is 25.9 Å². The summed E-state index contributed by atoms with van der Waals surface area (Å²) < 4.78 is 25.4. The summed E-state index contributed by atoms with van der Waals surface area (Å²) in [6.07, 6.45) is 0.534. The van der Waals surface area contributed by atoms with Crippen molar-refractivity contribution in [3.05, 3.63) is 45.0 Å². The summed E-state index contributed by atoms with van der Waals surface area (Å²) in [6, 6.07) is 5.38. The summed E-state index contributed by atoms with van der Waals surface area (Å²) in [4.78, 5) is 43.6. The highest BCUT2D eigenvalue weighted by atomic mass is 35.5. The third-order valence-electron chi connectivity index (χ3n) is 5.47. The van der Waals surface area contributed by atoms with Crippen LogP contribution in [0.3, 0.4) is 0 Å². The minimum Gasteiger partial charge on any atom is -0.468 e. The molecule has 12 heteroatoms. The monoisotopic (exact) mass is 519 g/mol. The van der Waals surface area contributed by atoms with Gasteiger partial charge in [-0.1, -0.05) is 17.7 Å². The number of hydrogen-bond acceptors (Lipinski definition) is 8. The highest BCUT2D eigenvalue weighted by Gasteiger charge is 2.28. The van der Waals surface area contributed by atoms with Gasteiger partial charge >= 0.3 is 12.1 Å². The van der Waals surface area contributed by atoms with Crippen LogP contribution in [0.2, 0.25) is 5.02 Å². The van der Waals surface area contributed by atoms with E-state index in [9.17, 15) is 18.8 Å². The van der Waals surface area contributed by atoms with E-state index in [2.05, 4.69) is 10.3 Å². The van der Waals surface area contributed by atoms with E-state index in [-0.39, 0.29) is 33.8 Å². The summed E-state index contributed by atoms with van der Waals surface area (Å²) >= 11 is 6.31. The largest absolute Gasteiger partial charge is 0.468 e. The summed E-state index contributed by atoms with van der Waals surface area (Å²) in [5.41, 5.74) is -1.24. The zero-order valence-corrected chi connectivity index (χ0v) is 21.2. The fourth-order valence-electron chi connectivity index (χ4n) is 3.74. The molecule has 36 heavy (non-hydrogen) atoms. The molecule has 1 aromatic carbocycles. The summed E-state index contributed by atoms with van der Waals surface area (Å²) in [5.74, 6) is -1.29. The first kappa shape index (κ1) is 26.9. The van der Waals surface area contributed by atoms with E-state index in [4.69, 9.17) is 26.3 Å². The van der Waals surface area contributed by atoms with Crippen LogP contribution in [0.25, 0.3) is 11.3 Å². The number of aromatic nitrogens is 2. The second kappa shape index (κ2) is 11.0. The van der Waals surface area contributed by atoms with Gasteiger partial charge in [0, 0.05) is 24.7 Å². The number of rotatable bonds is 5. The second-order valence-corrected chi connectivity index (χ2v) is 9.63. The predicted octanol–water partition coefficient (Wildman–Crippen LogP) is 3.24. The summed E-state index contributed by atoms with van der Waals surface area (Å²) in [5, 5.41) is 11.5. The molecule has 0 saturated carbocycles. The quantitative estimate of drug-likeness (QED) is 0.596. The molecule has 1 aliphatic heterocycles. The van der Waals surface area contributed by atoms with Crippen molar-refractivity contribution in [2.75, 3.05) is 25.1 Å². The van der Waals surface area contributed by atoms with Gasteiger partial charge in [-0.05, 0) is 45.7 Å². The first-order chi connectivity index (χ1) is 16.9. The van der Waals surface area contributed by atoms with Gasteiger partial charge < -0.3 is 19.7 Å². The van der Waals surface area contributed by atoms with E-state index in [1.54, 1.807) is 31.7 Å². The number of benzene rings is 1. The second-order valence-electron chi connectivity index (χ2n) is 9.26. The number of methoxy groups -OCH3 is 1. The van der Waals surface area contributed by atoms with Crippen molar-refractivity contribution in [1.82, 2.24) is 14.9 Å². The first-order valence-electron chi connectivity index (χ1n) is 11.2. The standard InChI is InChI=1S/C24H27ClFN5O5/c1-24(2,3)36-23(34)28-16-7-9-30(10-8-16)22-29-20(14-5-6-15(12-27)17(26)11-14)19(25)21(33)31(22)13-18(32)35-4/h5-6,11,16H,7-10,13H2,1-4H3,(H,28,34). The van der Waals surface area contributed by atoms with Gasteiger partial charge in [0.1, 0.15) is 29.1 Å². The number of esters is 1. The predicted molar refractivity (Wildman–Crippen MR) is 130 cm³/mol. The Balaban J connectivity index is 1.93. The van der Waals surface area contributed by atoms with Crippen LogP contribution < -0.4 is 15.8 Å². The lowest BCUT2D eigenvalue weighted by atomic mass is 10.1. The molecule has 1 aliphatic rings. The van der Waals surface area contributed by atoms with Crippen molar-refractivity contribution in [3.63, 3.8) is 0 Å². The van der Waals surface area contributed by atoms with Crippen LogP contribution >= 0.6 is 11.6 Å². The maximum Gasteiger partial charge on any atom is 0.407 e. The smallest absolute Gasteiger partial charge is 0.407 e. The van der Waals surface area contributed by atoms with Gasteiger partial charge in [-0.15, -0.1) is 0 Å². The van der Waals surface area contributed by atoms with Crippen LogP contribution in [0.4, 0.5) is 15.1 Å². The highest BCUT2D eigenvalue weighted by molar-refractivity contribution is 6.32. The van der Waals surface area contributed by atoms with E-state index in [1.807, 2.05) is 0 Å². The molecule has 0 radical (unpaired) electrons. The van der Waals surface area contributed by atoms with Gasteiger partial charge in [0.2, 0.25) is 5.95 Å². The molecule has 2 aromatic rings. The Morgan fingerprint density at radius 1 is 1.31 bits per heavy atom. The molecule has 10 nitrogen and oxygen atoms in total. The van der Waals surface area contributed by atoms with Crippen LogP contribution in [-0.4, -0.2) is 53.5 Å². The number of carbonyl (C=O) groups excluding carboxylic acids is 2. The van der Waals surface area contributed by atoms with Crippen LogP contribution in [0.5, 0.6) is 0 Å². The number of alkyl carbamates (subject to hydrolysis) is 1. The Kier molecular flexibility index (Phi) is 8.20. The molecule has 0 aliphatic carbocycles. The topological polar surface area (TPSA) is 127 Å². The first-order valence-corrected chi connectivity index (χ1v) is 11.6. The number of hydrogen-bond donors (Lipinski definition) is 1. The average molecular weight is 520 g/mol. The average Bonchev–Trinajstić information content (AvgIpc) is 2.81. The number of nitrogens with one attached hydrogen (secondary N) is 1. The molecule has 3 rings (SSSR count). The van der Waals surface area contributed by atoms with Gasteiger partial charge in [0.15, 0.2) is 0 Å². The zero-order chi connectivity index (χ0) is 26.6. The van der Waals surface area contributed by atoms with Crippen molar-refractivity contribution in [2.24, 2.45) is 0 Å². The Hall–Kier alpha value is -3.65. The Labute approximate surface area is 212 Å². The molecule has 1 aromatic heterocycles. The number of amides is 1. The van der Waals surface area contributed by atoms with Crippen molar-refractivity contribution in [1.29, 1.82) is 5.26 Å². The number of halogens is 2. The fraction of sp³-hybridized carbons (Fsp3) is 0.458. The molecule has 0 bridgehead atoms. The molecule has 192 valence electrons. The number of ether oxygens (including phenoxy) is 2. The fourth-order valence-corrected chi connectivity index (χ4v) is 3.99. The Bertz CT molecular complexity index is 1260. The van der Waals surface area contributed by atoms with Crippen molar-refractivity contribution in [2.45, 2.75) is 51.8 Å². The lowest BCUT2D eigenvalue weighted by Gasteiger charge is -2.34. The van der Waals surface area contributed by atoms with E-state index in [0.717, 1.165) is 10.6 Å². The molecule has 1 fully saturated rings. The zero-order valence-electron chi connectivity index (χ0n) is 20.4. The van der Waals surface area contributed by atoms with Crippen LogP contribution in [0.1, 0.15) is 39.2 Å². The molecular weight excluding hydrogens is 493 g/mol. The highest BCUT2D eigenvalue weighted by Crippen LogP contribution is 2.28. The Morgan fingerprint density at radius 3 is 2.53 bits per heavy atom. The van der Waals surface area contributed by atoms with Gasteiger partial charge in [-0.3, -0.25) is 14.2 Å². The molecule has 1 N–H and O–H groups in total. The molecule has 0 atom stereocenters. The van der Waals surface area contributed by atoms with Crippen molar-refractivity contribution in [3.8, 4) is 17.3 Å². The molecule has 1 saturated heterocycles. The minimum absolute atomic E-state index is 0.0233. The molecule has 2 heterocycles. The number of piperidine rings is 1. The van der Waals surface area contributed by atoms with E-state index >= 15 is 0 Å². The van der Waals surface area contributed by atoms with E-state index < -0.39 is 35.6 Å². The van der Waals surface area contributed by atoms with Gasteiger partial charge in [-0.2, -0.15) is 5.26 Å². The van der Waals surface area contributed by atoms with Crippen molar-refractivity contribution >= 4 is 29.6 Å². The normalized spacial score (nSPS) is 14.2. The van der Waals surface area contributed by atoms with Crippen LogP contribution in [0.15, 0.2) is 23.0 Å². The lowest BCUT2D eigenvalue weighted by molar-refractivity contribution is -0.141. The number of nitrogens with zero attached hydrogens (tertiary/aromatic N) is 4. The molecule has 0 spiro atoms. The third kappa shape index (κ3) is 6.31. The third-order valence-corrected chi connectivity index (χ3v) is 5.81. The van der Waals surface area contributed by atoms with Crippen LogP contribution in [0, 0.1) is 17.1 Å². The summed E-state index contributed by atoms with van der Waals surface area (Å²) in [7, 11) is 1.20. The van der Waals surface area contributed by atoms with Gasteiger partial charge in [-0.25, -0.2) is 14.2 Å². The molecule has 0 unspecified atom stereocenters. The number of anilines is 1. The molecular formula is C24H27ClFN5O5. The van der Waals surface area contributed by atoms with Crippen molar-refractivity contribution < 1.29 is 23.5 Å². The maximum absolute atomic E-state index is 14.3. The van der Waals surface area contributed by atoms with Crippen LogP contribution in [-0.2, 0) is 20.8 Å². The minimum atomic E-state index is -0.776. The summed E-state index contributed by atoms with van der Waals surface area (Å²) in [6.45, 7) is 5.71.